The number of aliphatic hydroxyl groups is 1. The molecule has 1 amide bonds. The number of hydrogen-bond donors (Lipinski definition) is 2. The van der Waals surface area contributed by atoms with Gasteiger partial charge in [0, 0.05) is 32.7 Å². The van der Waals surface area contributed by atoms with Gasteiger partial charge in [0.15, 0.2) is 0 Å². The highest BCUT2D eigenvalue weighted by atomic mass is 16.5. The Hall–Kier alpha value is -1.63. The van der Waals surface area contributed by atoms with E-state index < -0.39 is 0 Å². The first-order valence-corrected chi connectivity index (χ1v) is 8.61. The Morgan fingerprint density at radius 1 is 1.17 bits per heavy atom. The number of piperazine rings is 1. The molecule has 24 heavy (non-hydrogen) atoms. The highest BCUT2D eigenvalue weighted by molar-refractivity contribution is 5.78. The van der Waals surface area contributed by atoms with Gasteiger partial charge in [-0.2, -0.15) is 0 Å². The summed E-state index contributed by atoms with van der Waals surface area (Å²) in [5, 5.41) is 11.9. The summed E-state index contributed by atoms with van der Waals surface area (Å²) in [5.41, 5.74) is 2.23. The third kappa shape index (κ3) is 5.78. The molecule has 1 aliphatic heterocycles. The SMILES string of the molecule is Cc1cccc(C)c1OCCNC(=O)CN1CCN(CCO)CC1. The first-order valence-electron chi connectivity index (χ1n) is 8.61. The average molecular weight is 335 g/mol. The van der Waals surface area contributed by atoms with Crippen LogP contribution in [0.2, 0.25) is 0 Å². The van der Waals surface area contributed by atoms with Gasteiger partial charge in [-0.3, -0.25) is 14.6 Å². The van der Waals surface area contributed by atoms with Gasteiger partial charge in [0.25, 0.3) is 0 Å². The number of β-amino-alcohol motifs (C(OH)–C–C–N with tert-alkyl or cyclic N) is 1. The number of para-hydroxylation sites is 1. The van der Waals surface area contributed by atoms with Crippen LogP contribution in [0.4, 0.5) is 0 Å². The summed E-state index contributed by atoms with van der Waals surface area (Å²) in [7, 11) is 0. The van der Waals surface area contributed by atoms with Crippen LogP contribution in [-0.2, 0) is 4.79 Å². The van der Waals surface area contributed by atoms with Crippen LogP contribution in [0.3, 0.4) is 0 Å². The summed E-state index contributed by atoms with van der Waals surface area (Å²) < 4.78 is 5.79. The van der Waals surface area contributed by atoms with Crippen LogP contribution < -0.4 is 10.1 Å². The lowest BCUT2D eigenvalue weighted by Gasteiger charge is -2.33. The van der Waals surface area contributed by atoms with Crippen LogP contribution in [-0.4, -0.2) is 79.8 Å². The van der Waals surface area contributed by atoms with Gasteiger partial charge in [-0.25, -0.2) is 0 Å². The molecule has 0 aromatic heterocycles. The highest BCUT2D eigenvalue weighted by Crippen LogP contribution is 2.21. The Morgan fingerprint density at radius 3 is 2.42 bits per heavy atom. The normalized spacial score (nSPS) is 16.1. The van der Waals surface area contributed by atoms with Gasteiger partial charge in [0.05, 0.1) is 19.7 Å². The maximum absolute atomic E-state index is 12.0. The van der Waals surface area contributed by atoms with Crippen LogP contribution in [0.1, 0.15) is 11.1 Å². The lowest BCUT2D eigenvalue weighted by Crippen LogP contribution is -2.50. The predicted octanol–water partition coefficient (Wildman–Crippen LogP) is 0.408. The van der Waals surface area contributed by atoms with E-state index in [4.69, 9.17) is 9.84 Å². The number of aryl methyl sites for hydroxylation is 2. The Kier molecular flexibility index (Phi) is 7.49. The van der Waals surface area contributed by atoms with Crippen LogP contribution in [0, 0.1) is 13.8 Å². The second-order valence-electron chi connectivity index (χ2n) is 6.26. The summed E-state index contributed by atoms with van der Waals surface area (Å²) >= 11 is 0. The number of rotatable bonds is 8. The number of carbonyl (C=O) groups excluding carboxylic acids is 1. The molecule has 0 unspecified atom stereocenters. The molecule has 6 nitrogen and oxygen atoms in total. The molecule has 0 radical (unpaired) electrons. The third-order valence-corrected chi connectivity index (χ3v) is 4.33. The van der Waals surface area contributed by atoms with Gasteiger partial charge in [-0.05, 0) is 25.0 Å². The standard InChI is InChI=1S/C18H29N3O3/c1-15-4-3-5-16(2)18(15)24-13-6-19-17(23)14-21-9-7-20(8-10-21)11-12-22/h3-5,22H,6-14H2,1-2H3,(H,19,23). The fourth-order valence-electron chi connectivity index (χ4n) is 2.94. The molecule has 2 N–H and O–H groups in total. The zero-order valence-electron chi connectivity index (χ0n) is 14.8. The van der Waals surface area contributed by atoms with Crippen molar-refractivity contribution in [3.05, 3.63) is 29.3 Å². The number of aliphatic hydroxyl groups excluding tert-OH is 1. The summed E-state index contributed by atoms with van der Waals surface area (Å²) in [6.45, 7) is 9.92. The second kappa shape index (κ2) is 9.61. The fourth-order valence-corrected chi connectivity index (χ4v) is 2.94. The number of carbonyl (C=O) groups is 1. The monoisotopic (exact) mass is 335 g/mol. The zero-order valence-corrected chi connectivity index (χ0v) is 14.8. The van der Waals surface area contributed by atoms with Crippen molar-refractivity contribution in [1.82, 2.24) is 15.1 Å². The van der Waals surface area contributed by atoms with E-state index in [1.54, 1.807) is 0 Å². The van der Waals surface area contributed by atoms with Crippen LogP contribution in [0.5, 0.6) is 5.75 Å². The molecule has 0 spiro atoms. The summed E-state index contributed by atoms with van der Waals surface area (Å²) in [6.07, 6.45) is 0. The number of nitrogens with zero attached hydrogens (tertiary/aromatic N) is 2. The number of benzene rings is 1. The molecule has 0 saturated carbocycles. The van der Waals surface area contributed by atoms with Crippen molar-refractivity contribution in [3.8, 4) is 5.75 Å². The minimum Gasteiger partial charge on any atom is -0.491 e. The number of nitrogens with one attached hydrogen (secondary N) is 1. The maximum Gasteiger partial charge on any atom is 0.234 e. The number of amides is 1. The van der Waals surface area contributed by atoms with Gasteiger partial charge in [-0.15, -0.1) is 0 Å². The molecule has 0 atom stereocenters. The molecular weight excluding hydrogens is 306 g/mol. The van der Waals surface area contributed by atoms with E-state index in [9.17, 15) is 4.79 Å². The van der Waals surface area contributed by atoms with Crippen LogP contribution >= 0.6 is 0 Å². The zero-order chi connectivity index (χ0) is 17.4. The fraction of sp³-hybridized carbons (Fsp3) is 0.611. The van der Waals surface area contributed by atoms with Gasteiger partial charge in [-0.1, -0.05) is 18.2 Å². The van der Waals surface area contributed by atoms with E-state index in [2.05, 4.69) is 15.1 Å². The quantitative estimate of drug-likeness (QED) is 0.674. The second-order valence-corrected chi connectivity index (χ2v) is 6.26. The van der Waals surface area contributed by atoms with Crippen molar-refractivity contribution in [2.45, 2.75) is 13.8 Å². The Labute approximate surface area is 144 Å². The minimum absolute atomic E-state index is 0.0377. The van der Waals surface area contributed by atoms with Gasteiger partial charge >= 0.3 is 0 Å². The summed E-state index contributed by atoms with van der Waals surface area (Å²) in [5.74, 6) is 0.947. The molecule has 1 fully saturated rings. The Morgan fingerprint density at radius 2 is 1.79 bits per heavy atom. The van der Waals surface area contributed by atoms with E-state index in [1.165, 1.54) is 0 Å². The van der Waals surface area contributed by atoms with Gasteiger partial charge in [0.2, 0.25) is 5.91 Å². The minimum atomic E-state index is 0.0377. The molecule has 2 rings (SSSR count). The molecule has 1 heterocycles. The third-order valence-electron chi connectivity index (χ3n) is 4.33. The molecule has 6 heteroatoms. The predicted molar refractivity (Wildman–Crippen MR) is 94.4 cm³/mol. The van der Waals surface area contributed by atoms with Gasteiger partial charge in [0.1, 0.15) is 12.4 Å². The lowest BCUT2D eigenvalue weighted by atomic mass is 10.1. The summed E-state index contributed by atoms with van der Waals surface area (Å²) in [4.78, 5) is 16.4. The van der Waals surface area contributed by atoms with Gasteiger partial charge < -0.3 is 15.2 Å². The van der Waals surface area contributed by atoms with E-state index >= 15 is 0 Å². The van der Waals surface area contributed by atoms with E-state index in [-0.39, 0.29) is 12.5 Å². The first-order chi connectivity index (χ1) is 11.6. The van der Waals surface area contributed by atoms with Crippen molar-refractivity contribution in [2.24, 2.45) is 0 Å². The maximum atomic E-state index is 12.0. The lowest BCUT2D eigenvalue weighted by molar-refractivity contribution is -0.122. The largest absolute Gasteiger partial charge is 0.491 e. The average Bonchev–Trinajstić information content (AvgIpc) is 2.56. The highest BCUT2D eigenvalue weighted by Gasteiger charge is 2.18. The summed E-state index contributed by atoms with van der Waals surface area (Å²) in [6, 6.07) is 6.06. The van der Waals surface area contributed by atoms with Crippen molar-refractivity contribution in [1.29, 1.82) is 0 Å². The van der Waals surface area contributed by atoms with Crippen LogP contribution in [0.25, 0.3) is 0 Å². The van der Waals surface area contributed by atoms with Crippen LogP contribution in [0.15, 0.2) is 18.2 Å². The van der Waals surface area contributed by atoms with E-state index in [0.29, 0.717) is 19.7 Å². The van der Waals surface area contributed by atoms with Crippen molar-refractivity contribution in [3.63, 3.8) is 0 Å². The molecule has 1 aliphatic rings. The first kappa shape index (κ1) is 18.7. The molecule has 1 saturated heterocycles. The van der Waals surface area contributed by atoms with Crippen molar-refractivity contribution in [2.75, 3.05) is 59.0 Å². The molecular formula is C18H29N3O3. The molecule has 0 aliphatic carbocycles. The number of ether oxygens (including phenoxy) is 1. The van der Waals surface area contributed by atoms with E-state index in [1.807, 2.05) is 32.0 Å². The number of hydrogen-bond acceptors (Lipinski definition) is 5. The Bertz CT molecular complexity index is 508. The molecule has 0 bridgehead atoms. The molecule has 134 valence electrons. The molecule has 1 aromatic carbocycles. The van der Waals surface area contributed by atoms with Crippen molar-refractivity contribution >= 4 is 5.91 Å². The van der Waals surface area contributed by atoms with E-state index in [0.717, 1.165) is 49.6 Å². The smallest absolute Gasteiger partial charge is 0.234 e. The molecule has 1 aromatic rings. The Balaban J connectivity index is 1.62. The topological polar surface area (TPSA) is 65.0 Å². The van der Waals surface area contributed by atoms with Crippen molar-refractivity contribution < 1.29 is 14.6 Å².